The number of carbonyl (C=O) groups excluding carboxylic acids is 1. The summed E-state index contributed by atoms with van der Waals surface area (Å²) in [5, 5.41) is 18.9. The van der Waals surface area contributed by atoms with Crippen LogP contribution in [0.4, 0.5) is 5.69 Å². The molecular formula is C27H16N4O4S. The number of benzene rings is 4. The number of nitrogens with zero attached hydrogens (tertiary/aromatic N) is 3. The molecule has 0 aliphatic heterocycles. The second kappa shape index (κ2) is 8.71. The van der Waals surface area contributed by atoms with Crippen molar-refractivity contribution in [2.75, 3.05) is 0 Å². The second-order valence-electron chi connectivity index (χ2n) is 8.01. The lowest BCUT2D eigenvalue weighted by molar-refractivity contribution is -0.384. The van der Waals surface area contributed by atoms with E-state index in [2.05, 4.69) is 10.5 Å². The molecule has 0 saturated heterocycles. The Morgan fingerprint density at radius 1 is 0.944 bits per heavy atom. The van der Waals surface area contributed by atoms with Crippen molar-refractivity contribution in [2.45, 2.75) is 0 Å². The highest BCUT2D eigenvalue weighted by molar-refractivity contribution is 7.21. The summed E-state index contributed by atoms with van der Waals surface area (Å²) in [5.41, 5.74) is 4.96. The fourth-order valence-corrected chi connectivity index (χ4v) is 4.98. The largest absolute Gasteiger partial charge is 0.436 e. The smallest absolute Gasteiger partial charge is 0.271 e. The molecule has 36 heavy (non-hydrogen) atoms. The van der Waals surface area contributed by atoms with E-state index in [0.29, 0.717) is 16.2 Å². The number of aromatic nitrogens is 1. The highest BCUT2D eigenvalue weighted by Gasteiger charge is 2.14. The zero-order chi connectivity index (χ0) is 24.6. The van der Waals surface area contributed by atoms with Crippen LogP contribution in [0.15, 0.2) is 101 Å². The predicted octanol–water partition coefficient (Wildman–Crippen LogP) is 6.02. The van der Waals surface area contributed by atoms with Gasteiger partial charge in [-0.15, -0.1) is 16.4 Å². The Balaban J connectivity index is 1.50. The van der Waals surface area contributed by atoms with Crippen molar-refractivity contribution in [3.63, 3.8) is 0 Å². The van der Waals surface area contributed by atoms with Gasteiger partial charge >= 0.3 is 0 Å². The van der Waals surface area contributed by atoms with E-state index in [9.17, 15) is 14.9 Å². The third-order valence-corrected chi connectivity index (χ3v) is 6.85. The van der Waals surface area contributed by atoms with Crippen LogP contribution in [0.2, 0.25) is 0 Å². The van der Waals surface area contributed by atoms with E-state index in [1.807, 2.05) is 66.7 Å². The number of fused-ring (bicyclic) bond motifs is 4. The van der Waals surface area contributed by atoms with E-state index >= 15 is 0 Å². The molecule has 8 nitrogen and oxygen atoms in total. The second-order valence-corrected chi connectivity index (χ2v) is 9.04. The Morgan fingerprint density at radius 3 is 2.53 bits per heavy atom. The fourth-order valence-electron chi connectivity index (χ4n) is 4.00. The molecule has 0 aliphatic rings. The third kappa shape index (κ3) is 3.87. The predicted molar refractivity (Wildman–Crippen MR) is 138 cm³/mol. The van der Waals surface area contributed by atoms with Gasteiger partial charge in [-0.05, 0) is 47.2 Å². The topological polar surface area (TPSA) is 111 Å². The number of nitrogens with one attached hydrogen (secondary N) is 1. The molecule has 2 heterocycles. The molecule has 4 aromatic carbocycles. The SMILES string of the molecule is O=C(N/N=c1/oc2ccc3ccccc3c2cc1-c1nc2ccccc2s1)c1ccc([N+](=O)[O-])cc1. The molecule has 6 aromatic rings. The normalized spacial score (nSPS) is 11.8. The molecule has 0 spiro atoms. The van der Waals surface area contributed by atoms with E-state index in [0.717, 1.165) is 26.4 Å². The molecule has 174 valence electrons. The zero-order valence-corrected chi connectivity index (χ0v) is 19.4. The van der Waals surface area contributed by atoms with E-state index in [1.54, 1.807) is 0 Å². The fraction of sp³-hybridized carbons (Fsp3) is 0. The molecule has 2 aromatic heterocycles. The Kier molecular flexibility index (Phi) is 5.24. The molecule has 0 fully saturated rings. The maximum atomic E-state index is 12.7. The summed E-state index contributed by atoms with van der Waals surface area (Å²) in [6.07, 6.45) is 0. The molecule has 9 heteroatoms. The van der Waals surface area contributed by atoms with Crippen molar-refractivity contribution in [3.8, 4) is 10.6 Å². The van der Waals surface area contributed by atoms with Gasteiger partial charge < -0.3 is 4.42 Å². The van der Waals surface area contributed by atoms with E-state index in [-0.39, 0.29) is 16.8 Å². The molecule has 1 N–H and O–H groups in total. The van der Waals surface area contributed by atoms with Gasteiger partial charge in [-0.3, -0.25) is 14.9 Å². The molecule has 0 aliphatic carbocycles. The van der Waals surface area contributed by atoms with Crippen LogP contribution in [0.1, 0.15) is 10.4 Å². The Morgan fingerprint density at radius 2 is 1.72 bits per heavy atom. The first-order valence-corrected chi connectivity index (χ1v) is 11.8. The lowest BCUT2D eigenvalue weighted by atomic mass is 10.0. The molecule has 0 unspecified atom stereocenters. The maximum Gasteiger partial charge on any atom is 0.271 e. The van der Waals surface area contributed by atoms with Crippen LogP contribution < -0.4 is 11.0 Å². The van der Waals surface area contributed by atoms with Gasteiger partial charge in [0.25, 0.3) is 11.6 Å². The van der Waals surface area contributed by atoms with Gasteiger partial charge in [-0.1, -0.05) is 42.5 Å². The lowest BCUT2D eigenvalue weighted by Crippen LogP contribution is -2.22. The number of nitro groups is 1. The average molecular weight is 493 g/mol. The monoisotopic (exact) mass is 492 g/mol. The van der Waals surface area contributed by atoms with E-state index in [1.165, 1.54) is 35.6 Å². The third-order valence-electron chi connectivity index (χ3n) is 5.78. The van der Waals surface area contributed by atoms with Gasteiger partial charge in [-0.25, -0.2) is 10.4 Å². The summed E-state index contributed by atoms with van der Waals surface area (Å²) < 4.78 is 7.20. The number of nitro benzene ring substituents is 1. The van der Waals surface area contributed by atoms with Crippen molar-refractivity contribution in [3.05, 3.63) is 112 Å². The summed E-state index contributed by atoms with van der Waals surface area (Å²) in [6, 6.07) is 27.0. The van der Waals surface area contributed by atoms with Crippen LogP contribution in [0, 0.1) is 10.1 Å². The number of thiazole rings is 1. The Labute approximate surface area is 207 Å². The average Bonchev–Trinajstić information content (AvgIpc) is 3.35. The van der Waals surface area contributed by atoms with Crippen molar-refractivity contribution >= 4 is 54.9 Å². The quantitative estimate of drug-likeness (QED) is 0.184. The van der Waals surface area contributed by atoms with Gasteiger partial charge in [0, 0.05) is 23.1 Å². The number of amides is 1. The molecule has 1 amide bonds. The van der Waals surface area contributed by atoms with Crippen LogP contribution in [0.25, 0.3) is 42.5 Å². The van der Waals surface area contributed by atoms with Crippen molar-refractivity contribution < 1.29 is 14.1 Å². The zero-order valence-electron chi connectivity index (χ0n) is 18.5. The van der Waals surface area contributed by atoms with Crippen molar-refractivity contribution in [2.24, 2.45) is 5.10 Å². The van der Waals surface area contributed by atoms with E-state index < -0.39 is 10.8 Å². The van der Waals surface area contributed by atoms with Gasteiger partial charge in [0.05, 0.1) is 20.7 Å². The van der Waals surface area contributed by atoms with Gasteiger partial charge in [-0.2, -0.15) is 0 Å². The van der Waals surface area contributed by atoms with Gasteiger partial charge in [0.15, 0.2) is 0 Å². The minimum atomic E-state index is -0.520. The minimum Gasteiger partial charge on any atom is -0.436 e. The minimum absolute atomic E-state index is 0.0987. The highest BCUT2D eigenvalue weighted by Crippen LogP contribution is 2.32. The lowest BCUT2D eigenvalue weighted by Gasteiger charge is -2.06. The summed E-state index contributed by atoms with van der Waals surface area (Å²) in [4.78, 5) is 27.8. The van der Waals surface area contributed by atoms with E-state index in [4.69, 9.17) is 9.40 Å². The summed E-state index contributed by atoms with van der Waals surface area (Å²) in [6.45, 7) is 0. The summed E-state index contributed by atoms with van der Waals surface area (Å²) in [7, 11) is 0. The van der Waals surface area contributed by atoms with Crippen LogP contribution in [-0.2, 0) is 0 Å². The summed E-state index contributed by atoms with van der Waals surface area (Å²) >= 11 is 1.51. The number of hydrogen-bond donors (Lipinski definition) is 1. The number of para-hydroxylation sites is 1. The molecule has 0 saturated carbocycles. The van der Waals surface area contributed by atoms with Gasteiger partial charge in [0.2, 0.25) is 5.55 Å². The molecular weight excluding hydrogens is 476 g/mol. The summed E-state index contributed by atoms with van der Waals surface area (Å²) in [5.74, 6) is -0.519. The molecule has 0 atom stereocenters. The van der Waals surface area contributed by atoms with Crippen molar-refractivity contribution in [1.82, 2.24) is 10.4 Å². The van der Waals surface area contributed by atoms with Crippen LogP contribution in [-0.4, -0.2) is 15.8 Å². The number of hydrogen-bond acceptors (Lipinski definition) is 7. The first-order valence-electron chi connectivity index (χ1n) is 11.0. The number of carbonyl (C=O) groups is 1. The number of rotatable bonds is 4. The maximum absolute atomic E-state index is 12.7. The molecule has 0 radical (unpaired) electrons. The number of non-ortho nitro benzene ring substituents is 1. The first kappa shape index (κ1) is 21.6. The molecule has 0 bridgehead atoms. The highest BCUT2D eigenvalue weighted by atomic mass is 32.1. The van der Waals surface area contributed by atoms with Crippen LogP contribution >= 0.6 is 11.3 Å². The molecule has 6 rings (SSSR count). The van der Waals surface area contributed by atoms with Crippen molar-refractivity contribution in [1.29, 1.82) is 0 Å². The van der Waals surface area contributed by atoms with Gasteiger partial charge in [0.1, 0.15) is 10.6 Å². The van der Waals surface area contributed by atoms with Crippen LogP contribution in [0.5, 0.6) is 0 Å². The Hall–Kier alpha value is -4.89. The first-order chi connectivity index (χ1) is 17.6. The van der Waals surface area contributed by atoms with Crippen LogP contribution in [0.3, 0.4) is 0 Å². The standard InChI is InChI=1S/C27H16N4O4S/c32-25(17-9-12-18(13-10-17)31(33)34)29-30-26-21(27-28-22-7-3-4-8-24(22)36-27)15-20-19-6-2-1-5-16(19)11-14-23(20)35-26/h1-15H,(H,29,32)/b30-26+. The Bertz CT molecular complexity index is 1840.